The zero-order valence-electron chi connectivity index (χ0n) is 13.3. The Morgan fingerprint density at radius 3 is 2.71 bits per heavy atom. The molecular formula is C17H16N4OS2. The lowest BCUT2D eigenvalue weighted by atomic mass is 10.2. The first-order valence-electron chi connectivity index (χ1n) is 7.49. The molecule has 7 heteroatoms. The van der Waals surface area contributed by atoms with Gasteiger partial charge >= 0.3 is 0 Å². The minimum Gasteiger partial charge on any atom is -0.287 e. The van der Waals surface area contributed by atoms with Crippen LogP contribution in [0.3, 0.4) is 0 Å². The van der Waals surface area contributed by atoms with Gasteiger partial charge in [-0.25, -0.2) is 0 Å². The second-order valence-electron chi connectivity index (χ2n) is 4.95. The number of allylic oxidation sites excluding steroid dienone is 2. The summed E-state index contributed by atoms with van der Waals surface area (Å²) in [7, 11) is 0. The second kappa shape index (κ2) is 7.55. The summed E-state index contributed by atoms with van der Waals surface area (Å²) >= 11 is 2.78. The zero-order valence-corrected chi connectivity index (χ0v) is 15.0. The van der Waals surface area contributed by atoms with Crippen LogP contribution in [0.25, 0.3) is 6.08 Å². The number of thioether (sulfide) groups is 1. The lowest BCUT2D eigenvalue weighted by Gasteiger charge is -2.10. The molecule has 1 aromatic carbocycles. The third-order valence-electron chi connectivity index (χ3n) is 3.25. The molecule has 0 aliphatic carbocycles. The number of carbonyl (C=O) groups excluding carboxylic acids is 1. The van der Waals surface area contributed by atoms with Gasteiger partial charge in [0, 0.05) is 6.54 Å². The van der Waals surface area contributed by atoms with Gasteiger partial charge in [0.1, 0.15) is 5.01 Å². The standard InChI is InChI=1S/C17H16N4OS2/c1-3-21-15(22)14(11-7-10-13-8-5-4-6-9-13)24-17(21)18-16-20-19-12(2)23-16/h4-11H,3H2,1-2H3/b10-7+,14-11-,18-17+. The number of rotatable bonds is 4. The third kappa shape index (κ3) is 3.80. The van der Waals surface area contributed by atoms with Crippen LogP contribution in [-0.4, -0.2) is 32.7 Å². The molecule has 2 heterocycles. The molecule has 1 saturated heterocycles. The van der Waals surface area contributed by atoms with Crippen molar-refractivity contribution in [3.8, 4) is 0 Å². The molecule has 3 rings (SSSR count). The first kappa shape index (κ1) is 16.6. The van der Waals surface area contributed by atoms with Crippen LogP contribution in [0.2, 0.25) is 0 Å². The molecule has 1 aliphatic rings. The number of aliphatic imine (C=N–C) groups is 1. The monoisotopic (exact) mass is 356 g/mol. The van der Waals surface area contributed by atoms with Crippen molar-refractivity contribution in [2.75, 3.05) is 6.54 Å². The van der Waals surface area contributed by atoms with Crippen molar-refractivity contribution in [1.29, 1.82) is 0 Å². The van der Waals surface area contributed by atoms with Gasteiger partial charge in [-0.3, -0.25) is 9.69 Å². The quantitative estimate of drug-likeness (QED) is 0.776. The van der Waals surface area contributed by atoms with E-state index >= 15 is 0 Å². The maximum Gasteiger partial charge on any atom is 0.266 e. The van der Waals surface area contributed by atoms with E-state index in [-0.39, 0.29) is 5.91 Å². The molecule has 0 unspecified atom stereocenters. The van der Waals surface area contributed by atoms with Crippen molar-refractivity contribution in [3.05, 3.63) is 58.0 Å². The van der Waals surface area contributed by atoms with E-state index in [0.717, 1.165) is 10.6 Å². The molecule has 5 nitrogen and oxygen atoms in total. The van der Waals surface area contributed by atoms with Gasteiger partial charge in [-0.1, -0.05) is 53.8 Å². The minimum absolute atomic E-state index is 0.0276. The lowest BCUT2D eigenvalue weighted by Crippen LogP contribution is -2.28. The molecule has 0 atom stereocenters. The summed E-state index contributed by atoms with van der Waals surface area (Å²) in [6, 6.07) is 9.97. The van der Waals surface area contributed by atoms with Gasteiger partial charge in [-0.2, -0.15) is 4.99 Å². The predicted molar refractivity (Wildman–Crippen MR) is 100 cm³/mol. The molecule has 1 aromatic heterocycles. The Morgan fingerprint density at radius 1 is 1.25 bits per heavy atom. The topological polar surface area (TPSA) is 58.5 Å². The molecule has 0 spiro atoms. The van der Waals surface area contributed by atoms with Gasteiger partial charge < -0.3 is 0 Å². The van der Waals surface area contributed by atoms with Gasteiger partial charge in [0.05, 0.1) is 4.91 Å². The summed E-state index contributed by atoms with van der Waals surface area (Å²) < 4.78 is 0. The second-order valence-corrected chi connectivity index (χ2v) is 7.12. The van der Waals surface area contributed by atoms with Crippen molar-refractivity contribution in [2.24, 2.45) is 4.99 Å². The van der Waals surface area contributed by atoms with E-state index < -0.39 is 0 Å². The molecular weight excluding hydrogens is 340 g/mol. The first-order valence-corrected chi connectivity index (χ1v) is 9.12. The van der Waals surface area contributed by atoms with Crippen LogP contribution in [0.1, 0.15) is 17.5 Å². The largest absolute Gasteiger partial charge is 0.287 e. The lowest BCUT2D eigenvalue weighted by molar-refractivity contribution is -0.122. The summed E-state index contributed by atoms with van der Waals surface area (Å²) in [5.41, 5.74) is 1.09. The van der Waals surface area contributed by atoms with Crippen LogP contribution < -0.4 is 0 Å². The molecule has 1 amide bonds. The van der Waals surface area contributed by atoms with E-state index in [1.807, 2.05) is 62.4 Å². The van der Waals surface area contributed by atoms with Crippen LogP contribution in [0.15, 0.2) is 52.4 Å². The summed E-state index contributed by atoms with van der Waals surface area (Å²) in [6.07, 6.45) is 5.69. The summed E-state index contributed by atoms with van der Waals surface area (Å²) in [4.78, 5) is 19.2. The third-order valence-corrected chi connectivity index (χ3v) is 5.00. The van der Waals surface area contributed by atoms with E-state index in [1.165, 1.54) is 23.1 Å². The van der Waals surface area contributed by atoms with Gasteiger partial charge in [-0.15, -0.1) is 10.2 Å². The molecule has 1 aliphatic heterocycles. The maximum absolute atomic E-state index is 12.5. The molecule has 0 N–H and O–H groups in total. The smallest absolute Gasteiger partial charge is 0.266 e. The Morgan fingerprint density at radius 2 is 2.04 bits per heavy atom. The molecule has 0 saturated carbocycles. The predicted octanol–water partition coefficient (Wildman–Crippen LogP) is 4.03. The molecule has 1 fully saturated rings. The number of amides is 1. The SMILES string of the molecule is CCN1C(=O)/C(=C/C=C/c2ccccc2)S/C1=N/c1nnc(C)s1. The van der Waals surface area contributed by atoms with Crippen LogP contribution in [0.5, 0.6) is 0 Å². The first-order chi connectivity index (χ1) is 11.7. The summed E-state index contributed by atoms with van der Waals surface area (Å²) in [5, 5.41) is 10.0. The summed E-state index contributed by atoms with van der Waals surface area (Å²) in [6.45, 7) is 4.38. The van der Waals surface area contributed by atoms with Gasteiger partial charge in [0.2, 0.25) is 5.13 Å². The molecule has 0 radical (unpaired) electrons. The van der Waals surface area contributed by atoms with Crippen molar-refractivity contribution < 1.29 is 4.79 Å². The fourth-order valence-electron chi connectivity index (χ4n) is 2.11. The van der Waals surface area contributed by atoms with Crippen molar-refractivity contribution in [2.45, 2.75) is 13.8 Å². The molecule has 2 aromatic rings. The number of aryl methyl sites for hydroxylation is 1. The number of nitrogens with zero attached hydrogens (tertiary/aromatic N) is 4. The van der Waals surface area contributed by atoms with E-state index in [9.17, 15) is 4.79 Å². The van der Waals surface area contributed by atoms with E-state index in [2.05, 4.69) is 15.2 Å². The number of carbonyl (C=O) groups is 1. The Bertz CT molecular complexity index is 824. The number of hydrogen-bond donors (Lipinski definition) is 0. The number of aromatic nitrogens is 2. The fraction of sp³-hybridized carbons (Fsp3) is 0.176. The molecule has 122 valence electrons. The number of likely N-dealkylation sites (N-methyl/N-ethyl adjacent to an activating group) is 1. The molecule has 0 bridgehead atoms. The van der Waals surface area contributed by atoms with Gasteiger partial charge in [0.25, 0.3) is 5.91 Å². The van der Waals surface area contributed by atoms with Crippen molar-refractivity contribution >= 4 is 45.4 Å². The zero-order chi connectivity index (χ0) is 16.9. The highest BCUT2D eigenvalue weighted by Crippen LogP contribution is 2.33. The average Bonchev–Trinajstić information content (AvgIpc) is 3.12. The van der Waals surface area contributed by atoms with Crippen molar-refractivity contribution in [3.63, 3.8) is 0 Å². The average molecular weight is 356 g/mol. The Hall–Kier alpha value is -2.25. The number of amidine groups is 1. The number of benzene rings is 1. The van der Waals surface area contributed by atoms with Crippen LogP contribution in [-0.2, 0) is 4.79 Å². The molecule has 24 heavy (non-hydrogen) atoms. The van der Waals surface area contributed by atoms with Gasteiger partial charge in [0.15, 0.2) is 5.17 Å². The van der Waals surface area contributed by atoms with Crippen LogP contribution in [0.4, 0.5) is 5.13 Å². The highest BCUT2D eigenvalue weighted by Gasteiger charge is 2.32. The highest BCUT2D eigenvalue weighted by atomic mass is 32.2. The Labute approximate surface area is 148 Å². The van der Waals surface area contributed by atoms with E-state index in [1.54, 1.807) is 4.90 Å². The fourth-order valence-corrected chi connectivity index (χ4v) is 3.72. The maximum atomic E-state index is 12.5. The van der Waals surface area contributed by atoms with E-state index in [0.29, 0.717) is 21.7 Å². The minimum atomic E-state index is -0.0276. The van der Waals surface area contributed by atoms with Crippen molar-refractivity contribution in [1.82, 2.24) is 15.1 Å². The normalized spacial score (nSPS) is 18.4. The Balaban J connectivity index is 1.80. The van der Waals surface area contributed by atoms with Gasteiger partial charge in [-0.05, 0) is 37.2 Å². The Kier molecular flexibility index (Phi) is 5.22. The number of hydrogen-bond acceptors (Lipinski definition) is 6. The van der Waals surface area contributed by atoms with E-state index in [4.69, 9.17) is 0 Å². The summed E-state index contributed by atoms with van der Waals surface area (Å²) in [5.74, 6) is -0.0276. The van der Waals surface area contributed by atoms with Crippen LogP contribution >= 0.6 is 23.1 Å². The highest BCUT2D eigenvalue weighted by molar-refractivity contribution is 8.18. The van der Waals surface area contributed by atoms with Crippen LogP contribution in [0, 0.1) is 6.92 Å².